The second kappa shape index (κ2) is 9.57. The van der Waals surface area contributed by atoms with E-state index in [9.17, 15) is 13.2 Å². The number of carbonyl (C=O) groups excluding carboxylic acids is 1. The molecule has 36 heavy (non-hydrogen) atoms. The predicted octanol–water partition coefficient (Wildman–Crippen LogP) is 2.25. The number of pyridine rings is 1. The third-order valence-corrected chi connectivity index (χ3v) is 7.43. The highest BCUT2D eigenvalue weighted by Crippen LogP contribution is 2.33. The van der Waals surface area contributed by atoms with Crippen molar-refractivity contribution < 1.29 is 17.9 Å². The van der Waals surface area contributed by atoms with Gasteiger partial charge in [0.25, 0.3) is 0 Å². The molecule has 0 unspecified atom stereocenters. The van der Waals surface area contributed by atoms with Crippen molar-refractivity contribution in [2.75, 3.05) is 44.4 Å². The number of nitrogens with zero attached hydrogens (tertiary/aromatic N) is 6. The summed E-state index contributed by atoms with van der Waals surface area (Å²) in [6, 6.07) is 11.1. The summed E-state index contributed by atoms with van der Waals surface area (Å²) >= 11 is 0. The van der Waals surface area contributed by atoms with Gasteiger partial charge in [0.2, 0.25) is 5.91 Å². The summed E-state index contributed by atoms with van der Waals surface area (Å²) < 4.78 is 31.4. The Balaban J connectivity index is 1.35. The first-order valence-corrected chi connectivity index (χ1v) is 13.4. The molecule has 186 valence electrons. The van der Waals surface area contributed by atoms with E-state index >= 15 is 0 Å². The van der Waals surface area contributed by atoms with E-state index in [2.05, 4.69) is 19.9 Å². The second-order valence-electron chi connectivity index (χ2n) is 8.64. The number of anilines is 1. The molecule has 4 aromatic rings. The number of hydrogen-bond acceptors (Lipinski definition) is 8. The Bertz CT molecular complexity index is 1510. The van der Waals surface area contributed by atoms with Crippen LogP contribution in [0.4, 0.5) is 5.69 Å². The first-order valence-electron chi connectivity index (χ1n) is 11.5. The molecular formula is C25H26N6O4S. The van der Waals surface area contributed by atoms with Gasteiger partial charge in [0.05, 0.1) is 12.0 Å². The summed E-state index contributed by atoms with van der Waals surface area (Å²) in [7, 11) is -1.91. The highest BCUT2D eigenvalue weighted by atomic mass is 32.2. The fraction of sp³-hybridized carbons (Fsp3) is 0.280. The fourth-order valence-corrected chi connectivity index (χ4v) is 5.05. The van der Waals surface area contributed by atoms with E-state index in [1.165, 1.54) is 13.4 Å². The number of sulfone groups is 1. The molecule has 5 rings (SSSR count). The van der Waals surface area contributed by atoms with Gasteiger partial charge in [-0.05, 0) is 36.4 Å². The SMILES string of the molecule is COc1ncc(-c2cc(S(C)(=O)=O)ccc2N2CCN(C(=O)Cn3ccc4cccnc43)CC2)cn1. The largest absolute Gasteiger partial charge is 0.467 e. The summed E-state index contributed by atoms with van der Waals surface area (Å²) in [6.07, 6.45) is 8.03. The molecule has 0 saturated carbocycles. The van der Waals surface area contributed by atoms with Crippen molar-refractivity contribution >= 4 is 32.5 Å². The van der Waals surface area contributed by atoms with Crippen molar-refractivity contribution in [1.29, 1.82) is 0 Å². The standard InChI is InChI=1S/C25H26N6O4S/c1-35-25-27-15-19(16-28-25)21-14-20(36(2,33)34)5-6-22(21)29-10-12-30(13-11-29)23(32)17-31-9-7-18-4-3-8-26-24(18)31/h3-9,14-16H,10-13,17H2,1-2H3. The van der Waals surface area contributed by atoms with Gasteiger partial charge in [-0.25, -0.2) is 23.4 Å². The van der Waals surface area contributed by atoms with Crippen LogP contribution in [0.2, 0.25) is 0 Å². The Kier molecular flexibility index (Phi) is 6.31. The van der Waals surface area contributed by atoms with E-state index in [4.69, 9.17) is 4.74 Å². The Labute approximate surface area is 209 Å². The minimum absolute atomic E-state index is 0.0361. The van der Waals surface area contributed by atoms with Crippen LogP contribution in [0.5, 0.6) is 6.01 Å². The van der Waals surface area contributed by atoms with Gasteiger partial charge in [0.1, 0.15) is 12.2 Å². The van der Waals surface area contributed by atoms with E-state index < -0.39 is 9.84 Å². The van der Waals surface area contributed by atoms with Crippen LogP contribution >= 0.6 is 0 Å². The van der Waals surface area contributed by atoms with Gasteiger partial charge in [-0.15, -0.1) is 0 Å². The van der Waals surface area contributed by atoms with Crippen LogP contribution in [0.1, 0.15) is 0 Å². The van der Waals surface area contributed by atoms with Crippen molar-refractivity contribution in [1.82, 2.24) is 24.4 Å². The molecular weight excluding hydrogens is 480 g/mol. The number of methoxy groups -OCH3 is 1. The normalized spacial score (nSPS) is 14.3. The molecule has 1 aliphatic rings. The van der Waals surface area contributed by atoms with E-state index in [1.807, 2.05) is 39.9 Å². The summed E-state index contributed by atoms with van der Waals surface area (Å²) in [5, 5.41) is 1.00. The number of carbonyl (C=O) groups is 1. The monoisotopic (exact) mass is 506 g/mol. The first-order chi connectivity index (χ1) is 17.3. The lowest BCUT2D eigenvalue weighted by Crippen LogP contribution is -2.49. The van der Waals surface area contributed by atoms with Crippen LogP contribution in [0, 0.1) is 0 Å². The van der Waals surface area contributed by atoms with Gasteiger partial charge in [-0.3, -0.25) is 4.79 Å². The molecule has 11 heteroatoms. The smallest absolute Gasteiger partial charge is 0.316 e. The number of piperazine rings is 1. The third-order valence-electron chi connectivity index (χ3n) is 6.32. The maximum atomic E-state index is 13.0. The highest BCUT2D eigenvalue weighted by molar-refractivity contribution is 7.90. The average molecular weight is 507 g/mol. The second-order valence-corrected chi connectivity index (χ2v) is 10.7. The summed E-state index contributed by atoms with van der Waals surface area (Å²) in [4.78, 5) is 30.0. The lowest BCUT2D eigenvalue weighted by Gasteiger charge is -2.37. The Morgan fingerprint density at radius 3 is 2.47 bits per heavy atom. The van der Waals surface area contributed by atoms with E-state index in [0.717, 1.165) is 16.7 Å². The minimum Gasteiger partial charge on any atom is -0.467 e. The predicted molar refractivity (Wildman–Crippen MR) is 136 cm³/mol. The Morgan fingerprint density at radius 1 is 1.03 bits per heavy atom. The van der Waals surface area contributed by atoms with Crippen LogP contribution in [-0.4, -0.2) is 78.3 Å². The van der Waals surface area contributed by atoms with Crippen molar-refractivity contribution in [2.45, 2.75) is 11.4 Å². The number of hydrogen-bond donors (Lipinski definition) is 0. The Morgan fingerprint density at radius 2 is 1.78 bits per heavy atom. The van der Waals surface area contributed by atoms with Crippen LogP contribution in [0.15, 0.2) is 66.1 Å². The van der Waals surface area contributed by atoms with Gasteiger partial charge < -0.3 is 19.1 Å². The van der Waals surface area contributed by atoms with Gasteiger partial charge in [-0.2, -0.15) is 0 Å². The van der Waals surface area contributed by atoms with Crippen LogP contribution in [0.3, 0.4) is 0 Å². The summed E-state index contributed by atoms with van der Waals surface area (Å²) in [6.45, 7) is 2.56. The molecule has 10 nitrogen and oxygen atoms in total. The number of rotatable bonds is 6. The number of amides is 1. The average Bonchev–Trinajstić information content (AvgIpc) is 3.30. The third kappa shape index (κ3) is 4.74. The number of benzene rings is 1. The molecule has 0 N–H and O–H groups in total. The maximum Gasteiger partial charge on any atom is 0.316 e. The molecule has 1 fully saturated rings. The number of fused-ring (bicyclic) bond motifs is 1. The zero-order chi connectivity index (χ0) is 25.3. The lowest BCUT2D eigenvalue weighted by molar-refractivity contribution is -0.132. The van der Waals surface area contributed by atoms with E-state index in [0.29, 0.717) is 37.3 Å². The zero-order valence-corrected chi connectivity index (χ0v) is 20.9. The van der Waals surface area contributed by atoms with Crippen LogP contribution in [0.25, 0.3) is 22.2 Å². The molecule has 1 aliphatic heterocycles. The molecule has 0 aliphatic carbocycles. The molecule has 0 bridgehead atoms. The van der Waals surface area contributed by atoms with E-state index in [1.54, 1.807) is 30.7 Å². The molecule has 0 radical (unpaired) electrons. The van der Waals surface area contributed by atoms with E-state index in [-0.39, 0.29) is 23.4 Å². The molecule has 1 amide bonds. The van der Waals surface area contributed by atoms with Crippen molar-refractivity contribution in [3.05, 3.63) is 61.2 Å². The molecule has 1 aromatic carbocycles. The summed E-state index contributed by atoms with van der Waals surface area (Å²) in [5.74, 6) is 0.0361. The number of ether oxygens (including phenoxy) is 1. The molecule has 4 heterocycles. The first kappa shape index (κ1) is 23.7. The Hall–Kier alpha value is -3.99. The molecule has 1 saturated heterocycles. The van der Waals surface area contributed by atoms with Crippen molar-refractivity contribution in [2.24, 2.45) is 0 Å². The quantitative estimate of drug-likeness (QED) is 0.392. The molecule has 0 atom stereocenters. The van der Waals surface area contributed by atoms with Gasteiger partial charge in [0.15, 0.2) is 9.84 Å². The fourth-order valence-electron chi connectivity index (χ4n) is 4.40. The van der Waals surface area contributed by atoms with Gasteiger partial charge >= 0.3 is 6.01 Å². The summed E-state index contributed by atoms with van der Waals surface area (Å²) in [5.41, 5.74) is 3.05. The molecule has 3 aromatic heterocycles. The van der Waals surface area contributed by atoms with Gasteiger partial charge in [0, 0.05) is 79.4 Å². The number of aromatic nitrogens is 4. The maximum absolute atomic E-state index is 13.0. The van der Waals surface area contributed by atoms with Crippen LogP contribution in [-0.2, 0) is 21.2 Å². The zero-order valence-electron chi connectivity index (χ0n) is 20.0. The van der Waals surface area contributed by atoms with Crippen LogP contribution < -0.4 is 9.64 Å². The highest BCUT2D eigenvalue weighted by Gasteiger charge is 2.24. The lowest BCUT2D eigenvalue weighted by atomic mass is 10.1. The van der Waals surface area contributed by atoms with Gasteiger partial charge in [-0.1, -0.05) is 0 Å². The van der Waals surface area contributed by atoms with Crippen molar-refractivity contribution in [3.63, 3.8) is 0 Å². The molecule has 0 spiro atoms. The van der Waals surface area contributed by atoms with Crippen molar-refractivity contribution in [3.8, 4) is 17.1 Å². The topological polar surface area (TPSA) is 111 Å². The minimum atomic E-state index is -3.40.